The summed E-state index contributed by atoms with van der Waals surface area (Å²) in [6, 6.07) is 2.26. The van der Waals surface area contributed by atoms with Gasteiger partial charge in [0.15, 0.2) is 0 Å². The minimum Gasteiger partial charge on any atom is -0.394 e. The molecular formula is C14H24N4O2. The molecule has 0 radical (unpaired) electrons. The molecule has 0 bridgehead atoms. The van der Waals surface area contributed by atoms with Crippen molar-refractivity contribution < 1.29 is 9.84 Å². The maximum absolute atomic E-state index is 9.23. The van der Waals surface area contributed by atoms with Crippen molar-refractivity contribution in [3.63, 3.8) is 0 Å². The lowest BCUT2D eigenvalue weighted by atomic mass is 10.2. The highest BCUT2D eigenvalue weighted by Crippen LogP contribution is 2.15. The number of morpholine rings is 1. The van der Waals surface area contributed by atoms with E-state index in [4.69, 9.17) is 4.74 Å². The Hall–Kier alpha value is -1.24. The van der Waals surface area contributed by atoms with Crippen molar-refractivity contribution in [2.75, 3.05) is 31.6 Å². The van der Waals surface area contributed by atoms with E-state index in [0.717, 1.165) is 23.9 Å². The van der Waals surface area contributed by atoms with Gasteiger partial charge in [-0.25, -0.2) is 9.97 Å². The zero-order chi connectivity index (χ0) is 14.5. The summed E-state index contributed by atoms with van der Waals surface area (Å²) in [4.78, 5) is 11.3. The normalized spacial score (nSPS) is 23.8. The minimum atomic E-state index is -0.107. The number of anilines is 1. The summed E-state index contributed by atoms with van der Waals surface area (Å²) in [5, 5.41) is 12.4. The first-order chi connectivity index (χ1) is 9.62. The van der Waals surface area contributed by atoms with Gasteiger partial charge in [0.05, 0.1) is 25.9 Å². The summed E-state index contributed by atoms with van der Waals surface area (Å²) in [6.07, 6.45) is -0.107. The van der Waals surface area contributed by atoms with Gasteiger partial charge in [0, 0.05) is 30.9 Å². The molecular weight excluding hydrogens is 256 g/mol. The fourth-order valence-corrected chi connectivity index (χ4v) is 2.36. The van der Waals surface area contributed by atoms with Crippen molar-refractivity contribution in [2.24, 2.45) is 0 Å². The first-order valence-electron chi connectivity index (χ1n) is 7.17. The van der Waals surface area contributed by atoms with Crippen LogP contribution in [0, 0.1) is 6.92 Å². The number of aliphatic hydroxyl groups excluding tert-OH is 1. The van der Waals surface area contributed by atoms with Crippen LogP contribution < -0.4 is 5.32 Å². The summed E-state index contributed by atoms with van der Waals surface area (Å²) in [7, 11) is 0. The van der Waals surface area contributed by atoms with Crippen molar-refractivity contribution in [1.82, 2.24) is 14.9 Å². The molecule has 20 heavy (non-hydrogen) atoms. The van der Waals surface area contributed by atoms with Crippen LogP contribution in [0.15, 0.2) is 6.07 Å². The van der Waals surface area contributed by atoms with E-state index in [-0.39, 0.29) is 12.7 Å². The van der Waals surface area contributed by atoms with E-state index in [0.29, 0.717) is 25.7 Å². The Bertz CT molecular complexity index is 441. The van der Waals surface area contributed by atoms with Crippen LogP contribution in [0.4, 0.5) is 5.82 Å². The summed E-state index contributed by atoms with van der Waals surface area (Å²) in [5.41, 5.74) is 0.963. The summed E-state index contributed by atoms with van der Waals surface area (Å²) >= 11 is 0. The van der Waals surface area contributed by atoms with E-state index >= 15 is 0 Å². The average molecular weight is 280 g/mol. The summed E-state index contributed by atoms with van der Waals surface area (Å²) < 4.78 is 5.55. The molecule has 1 aromatic heterocycles. The van der Waals surface area contributed by atoms with E-state index in [1.165, 1.54) is 0 Å². The predicted octanol–water partition coefficient (Wildman–Crippen LogP) is 0.798. The van der Waals surface area contributed by atoms with Gasteiger partial charge in [-0.05, 0) is 20.8 Å². The molecule has 2 unspecified atom stereocenters. The molecule has 0 aromatic carbocycles. The van der Waals surface area contributed by atoms with Crippen LogP contribution in [-0.2, 0) is 11.3 Å². The Labute approximate surface area is 120 Å². The van der Waals surface area contributed by atoms with Crippen molar-refractivity contribution in [3.8, 4) is 0 Å². The highest BCUT2D eigenvalue weighted by atomic mass is 16.5. The number of rotatable bonds is 5. The van der Waals surface area contributed by atoms with Gasteiger partial charge in [-0.15, -0.1) is 0 Å². The Morgan fingerprint density at radius 2 is 2.30 bits per heavy atom. The third kappa shape index (κ3) is 3.88. The monoisotopic (exact) mass is 280 g/mol. The van der Waals surface area contributed by atoms with Crippen LogP contribution in [0.25, 0.3) is 0 Å². The van der Waals surface area contributed by atoms with Gasteiger partial charge in [-0.3, -0.25) is 4.90 Å². The highest BCUT2D eigenvalue weighted by molar-refractivity contribution is 5.35. The van der Waals surface area contributed by atoms with Gasteiger partial charge in [0.2, 0.25) is 0 Å². The number of ether oxygens (including phenoxy) is 1. The average Bonchev–Trinajstić information content (AvgIpc) is 2.41. The molecule has 112 valence electrons. The molecule has 2 N–H and O–H groups in total. The van der Waals surface area contributed by atoms with Crippen LogP contribution in [0.5, 0.6) is 0 Å². The largest absolute Gasteiger partial charge is 0.394 e. The molecule has 6 heteroatoms. The van der Waals surface area contributed by atoms with E-state index in [2.05, 4.69) is 27.1 Å². The van der Waals surface area contributed by atoms with Crippen LogP contribution in [-0.4, -0.2) is 58.4 Å². The van der Waals surface area contributed by atoms with Crippen molar-refractivity contribution >= 4 is 5.82 Å². The Morgan fingerprint density at radius 1 is 1.50 bits per heavy atom. The van der Waals surface area contributed by atoms with Gasteiger partial charge < -0.3 is 15.2 Å². The van der Waals surface area contributed by atoms with Gasteiger partial charge in [0.1, 0.15) is 11.6 Å². The number of aryl methyl sites for hydroxylation is 1. The molecule has 0 aliphatic carbocycles. The predicted molar refractivity (Wildman–Crippen MR) is 77.6 cm³/mol. The van der Waals surface area contributed by atoms with E-state index in [1.807, 2.05) is 19.9 Å². The number of nitrogens with zero attached hydrogens (tertiary/aromatic N) is 3. The molecule has 0 spiro atoms. The summed E-state index contributed by atoms with van der Waals surface area (Å²) in [5.74, 6) is 1.68. The molecule has 1 aliphatic heterocycles. The maximum Gasteiger partial charge on any atom is 0.144 e. The Morgan fingerprint density at radius 3 is 3.00 bits per heavy atom. The van der Waals surface area contributed by atoms with Crippen LogP contribution in [0.3, 0.4) is 0 Å². The second-order valence-corrected chi connectivity index (χ2v) is 5.26. The molecule has 2 rings (SSSR count). The Balaban J connectivity index is 2.07. The molecule has 2 heterocycles. The highest BCUT2D eigenvalue weighted by Gasteiger charge is 2.26. The van der Waals surface area contributed by atoms with Crippen LogP contribution in [0.1, 0.15) is 25.4 Å². The zero-order valence-electron chi connectivity index (χ0n) is 12.5. The number of hydrogen-bond acceptors (Lipinski definition) is 6. The molecule has 0 amide bonds. The SMILES string of the molecule is CCNc1cc(C)nc(CN2CC(CO)OCC2C)n1. The first-order valence-corrected chi connectivity index (χ1v) is 7.17. The Kier molecular flexibility index (Phi) is 5.28. The lowest BCUT2D eigenvalue weighted by Gasteiger charge is -2.36. The quantitative estimate of drug-likeness (QED) is 0.831. The molecule has 0 saturated carbocycles. The molecule has 2 atom stereocenters. The summed E-state index contributed by atoms with van der Waals surface area (Å²) in [6.45, 7) is 9.08. The lowest BCUT2D eigenvalue weighted by Crippen LogP contribution is -2.49. The van der Waals surface area contributed by atoms with Gasteiger partial charge in [0.25, 0.3) is 0 Å². The van der Waals surface area contributed by atoms with Crippen molar-refractivity contribution in [1.29, 1.82) is 0 Å². The molecule has 1 aliphatic rings. The fourth-order valence-electron chi connectivity index (χ4n) is 2.36. The van der Waals surface area contributed by atoms with Gasteiger partial charge >= 0.3 is 0 Å². The molecule has 1 saturated heterocycles. The smallest absolute Gasteiger partial charge is 0.144 e. The number of aliphatic hydroxyl groups is 1. The van der Waals surface area contributed by atoms with Crippen molar-refractivity contribution in [2.45, 2.75) is 39.5 Å². The molecule has 1 fully saturated rings. The topological polar surface area (TPSA) is 70.5 Å². The minimum absolute atomic E-state index is 0.0561. The number of hydrogen-bond donors (Lipinski definition) is 2. The molecule has 1 aromatic rings. The second kappa shape index (κ2) is 6.97. The van der Waals surface area contributed by atoms with E-state index in [9.17, 15) is 5.11 Å². The van der Waals surface area contributed by atoms with Crippen LogP contribution >= 0.6 is 0 Å². The maximum atomic E-state index is 9.23. The standard InChI is InChI=1S/C14H24N4O2/c1-4-15-13-5-10(2)16-14(17-13)7-18-6-12(8-19)20-9-11(18)3/h5,11-12,19H,4,6-9H2,1-3H3,(H,15,16,17). The third-order valence-corrected chi connectivity index (χ3v) is 3.44. The lowest BCUT2D eigenvalue weighted by molar-refractivity contribution is -0.0811. The van der Waals surface area contributed by atoms with Gasteiger partial charge in [-0.1, -0.05) is 0 Å². The van der Waals surface area contributed by atoms with Gasteiger partial charge in [-0.2, -0.15) is 0 Å². The number of nitrogens with one attached hydrogen (secondary N) is 1. The number of aromatic nitrogens is 2. The van der Waals surface area contributed by atoms with E-state index < -0.39 is 0 Å². The van der Waals surface area contributed by atoms with Crippen LogP contribution in [0.2, 0.25) is 0 Å². The molecule has 6 nitrogen and oxygen atoms in total. The van der Waals surface area contributed by atoms with Crippen molar-refractivity contribution in [3.05, 3.63) is 17.6 Å². The third-order valence-electron chi connectivity index (χ3n) is 3.44. The fraction of sp³-hybridized carbons (Fsp3) is 0.714. The van der Waals surface area contributed by atoms with E-state index in [1.54, 1.807) is 0 Å². The second-order valence-electron chi connectivity index (χ2n) is 5.26. The zero-order valence-corrected chi connectivity index (χ0v) is 12.5. The first kappa shape index (κ1) is 15.2.